The van der Waals surface area contributed by atoms with Crippen molar-refractivity contribution in [1.82, 2.24) is 9.99 Å². The fraction of sp³-hybridized carbons (Fsp3) is 0.152. The highest BCUT2D eigenvalue weighted by Gasteiger charge is 2.19. The summed E-state index contributed by atoms with van der Waals surface area (Å²) in [5, 5.41) is 15.6. The molecule has 0 aliphatic rings. The van der Waals surface area contributed by atoms with Gasteiger partial charge in [0, 0.05) is 28.7 Å². The number of carbonyl (C=O) groups excluding carboxylic acids is 1. The van der Waals surface area contributed by atoms with E-state index in [1.165, 1.54) is 24.4 Å². The molecule has 0 saturated carbocycles. The van der Waals surface area contributed by atoms with Crippen LogP contribution in [0.5, 0.6) is 11.5 Å². The topological polar surface area (TPSA) is 121 Å². The minimum Gasteiger partial charge on any atom is -0.486 e. The second-order valence-corrected chi connectivity index (χ2v) is 9.93. The molecule has 10 heteroatoms. The molecular weight excluding hydrogens is 548 g/mol. The number of hydrazone groups is 1. The Hall–Kier alpha value is -5.64. The first-order chi connectivity index (χ1) is 20.8. The van der Waals surface area contributed by atoms with Crippen molar-refractivity contribution < 1.29 is 23.6 Å². The predicted molar refractivity (Wildman–Crippen MR) is 162 cm³/mol. The number of benzene rings is 3. The van der Waals surface area contributed by atoms with Gasteiger partial charge in [-0.25, -0.2) is 5.43 Å². The van der Waals surface area contributed by atoms with E-state index in [4.69, 9.17) is 13.9 Å². The van der Waals surface area contributed by atoms with Gasteiger partial charge in [-0.15, -0.1) is 0 Å². The van der Waals surface area contributed by atoms with Gasteiger partial charge in [-0.05, 0) is 80.9 Å². The summed E-state index contributed by atoms with van der Waals surface area (Å²) >= 11 is 0. The van der Waals surface area contributed by atoms with Crippen molar-refractivity contribution in [3.05, 3.63) is 141 Å². The summed E-state index contributed by atoms with van der Waals surface area (Å²) in [4.78, 5) is 23.7. The van der Waals surface area contributed by atoms with E-state index in [0.717, 1.165) is 28.2 Å². The maximum Gasteiger partial charge on any atom is 0.311 e. The van der Waals surface area contributed by atoms with Crippen LogP contribution in [0.4, 0.5) is 5.69 Å². The van der Waals surface area contributed by atoms with E-state index in [1.54, 1.807) is 12.1 Å². The number of hydrogen-bond acceptors (Lipinski definition) is 7. The number of amides is 1. The molecular formula is C33H30N4O6. The third-order valence-corrected chi connectivity index (χ3v) is 6.69. The number of aromatic nitrogens is 1. The fourth-order valence-corrected chi connectivity index (χ4v) is 4.62. The first-order valence-corrected chi connectivity index (χ1v) is 13.5. The van der Waals surface area contributed by atoms with Crippen LogP contribution < -0.4 is 14.9 Å². The van der Waals surface area contributed by atoms with Gasteiger partial charge in [-0.3, -0.25) is 14.9 Å². The number of furan rings is 1. The van der Waals surface area contributed by atoms with E-state index in [9.17, 15) is 14.9 Å². The molecule has 2 heterocycles. The normalized spacial score (nSPS) is 11.0. The maximum absolute atomic E-state index is 12.6. The summed E-state index contributed by atoms with van der Waals surface area (Å²) in [5.41, 5.74) is 7.77. The summed E-state index contributed by atoms with van der Waals surface area (Å²) in [6.45, 7) is 6.33. The SMILES string of the molecule is Cc1cccc(COc2c(/C=N/NC(=O)c3ccc(COc4ccc(-n5c(C)ccc5C)cc4)o3)cccc2[N+](=O)[O-])c1. The second-order valence-electron chi connectivity index (χ2n) is 9.93. The van der Waals surface area contributed by atoms with E-state index >= 15 is 0 Å². The highest BCUT2D eigenvalue weighted by Crippen LogP contribution is 2.31. The number of ether oxygens (including phenoxy) is 2. The number of aryl methyl sites for hydroxylation is 3. The van der Waals surface area contributed by atoms with Crippen molar-refractivity contribution in [1.29, 1.82) is 0 Å². The first-order valence-electron chi connectivity index (χ1n) is 13.5. The van der Waals surface area contributed by atoms with E-state index in [1.807, 2.05) is 55.5 Å². The minimum absolute atomic E-state index is 0.0413. The van der Waals surface area contributed by atoms with Crippen LogP contribution in [0.15, 0.2) is 101 Å². The number of hydrogen-bond donors (Lipinski definition) is 1. The summed E-state index contributed by atoms with van der Waals surface area (Å²) in [6.07, 6.45) is 1.30. The van der Waals surface area contributed by atoms with Gasteiger partial charge in [0.2, 0.25) is 5.75 Å². The zero-order valence-electron chi connectivity index (χ0n) is 23.9. The molecule has 3 aromatic carbocycles. The number of nitrogens with one attached hydrogen (secondary N) is 1. The van der Waals surface area contributed by atoms with Crippen molar-refractivity contribution >= 4 is 17.8 Å². The minimum atomic E-state index is -0.586. The Morgan fingerprint density at radius 3 is 2.40 bits per heavy atom. The standard InChI is InChI=1S/C33H30N4O6/c1-22-6-4-7-25(18-22)20-42-32-26(8-5-9-30(32)37(39)40)19-34-35-33(38)31-17-16-29(43-31)21-41-28-14-12-27(13-15-28)36-23(2)10-11-24(36)3/h4-19H,20-21H2,1-3H3,(H,35,38)/b34-19+. The molecule has 0 atom stereocenters. The molecule has 0 aliphatic heterocycles. The molecule has 2 aromatic heterocycles. The number of nitro groups is 1. The molecule has 43 heavy (non-hydrogen) atoms. The third kappa shape index (κ3) is 6.99. The van der Waals surface area contributed by atoms with Crippen molar-refractivity contribution in [2.75, 3.05) is 0 Å². The van der Waals surface area contributed by atoms with Gasteiger partial charge in [0.15, 0.2) is 5.76 Å². The van der Waals surface area contributed by atoms with Crippen LogP contribution in [-0.4, -0.2) is 21.6 Å². The second kappa shape index (κ2) is 12.9. The summed E-state index contributed by atoms with van der Waals surface area (Å²) in [7, 11) is 0. The van der Waals surface area contributed by atoms with Gasteiger partial charge in [0.25, 0.3) is 0 Å². The molecule has 0 aliphatic carbocycles. The van der Waals surface area contributed by atoms with E-state index in [-0.39, 0.29) is 30.4 Å². The molecule has 10 nitrogen and oxygen atoms in total. The summed E-state index contributed by atoms with van der Waals surface area (Å²) < 4.78 is 19.4. The fourth-order valence-electron chi connectivity index (χ4n) is 4.62. The number of carbonyl (C=O) groups is 1. The average molecular weight is 579 g/mol. The number of para-hydroxylation sites is 1. The molecule has 0 unspecified atom stereocenters. The number of rotatable bonds is 11. The van der Waals surface area contributed by atoms with Gasteiger partial charge in [0.05, 0.1) is 11.1 Å². The first kappa shape index (κ1) is 28.9. The zero-order valence-corrected chi connectivity index (χ0v) is 23.9. The van der Waals surface area contributed by atoms with Crippen LogP contribution in [0.3, 0.4) is 0 Å². The lowest BCUT2D eigenvalue weighted by molar-refractivity contribution is -0.385. The highest BCUT2D eigenvalue weighted by molar-refractivity contribution is 5.93. The Labute approximate surface area is 248 Å². The summed E-state index contributed by atoms with van der Waals surface area (Å²) in [6, 6.07) is 27.2. The van der Waals surface area contributed by atoms with Gasteiger partial charge >= 0.3 is 11.6 Å². The van der Waals surface area contributed by atoms with Crippen molar-refractivity contribution in [2.24, 2.45) is 5.10 Å². The molecule has 218 valence electrons. The van der Waals surface area contributed by atoms with Crippen LogP contribution in [0.25, 0.3) is 5.69 Å². The molecule has 5 aromatic rings. The molecule has 1 amide bonds. The molecule has 0 radical (unpaired) electrons. The van der Waals surface area contributed by atoms with Crippen LogP contribution in [0, 0.1) is 30.9 Å². The monoisotopic (exact) mass is 578 g/mol. The highest BCUT2D eigenvalue weighted by atomic mass is 16.6. The van der Waals surface area contributed by atoms with Crippen LogP contribution in [0.2, 0.25) is 0 Å². The Morgan fingerprint density at radius 2 is 1.67 bits per heavy atom. The molecule has 0 spiro atoms. The lowest BCUT2D eigenvalue weighted by Gasteiger charge is -2.10. The molecule has 5 rings (SSSR count). The Bertz CT molecular complexity index is 1770. The third-order valence-electron chi connectivity index (χ3n) is 6.69. The molecule has 0 fully saturated rings. The van der Waals surface area contributed by atoms with Crippen LogP contribution in [0.1, 0.15) is 44.4 Å². The Morgan fingerprint density at radius 1 is 0.930 bits per heavy atom. The Kier molecular flexibility index (Phi) is 8.66. The van der Waals surface area contributed by atoms with Crippen molar-refractivity contribution in [2.45, 2.75) is 34.0 Å². The summed E-state index contributed by atoms with van der Waals surface area (Å²) in [5.74, 6) is 0.629. The lowest BCUT2D eigenvalue weighted by Crippen LogP contribution is -2.17. The van der Waals surface area contributed by atoms with E-state index in [0.29, 0.717) is 17.1 Å². The lowest BCUT2D eigenvalue weighted by atomic mass is 10.1. The smallest absolute Gasteiger partial charge is 0.311 e. The van der Waals surface area contributed by atoms with Gasteiger partial charge < -0.3 is 18.5 Å². The van der Waals surface area contributed by atoms with Crippen LogP contribution in [-0.2, 0) is 13.2 Å². The number of nitrogens with zero attached hydrogens (tertiary/aromatic N) is 3. The van der Waals surface area contributed by atoms with Gasteiger partial charge in [0.1, 0.15) is 24.7 Å². The quantitative estimate of drug-likeness (QED) is 0.104. The van der Waals surface area contributed by atoms with E-state index < -0.39 is 10.8 Å². The van der Waals surface area contributed by atoms with Gasteiger partial charge in [-0.2, -0.15) is 5.10 Å². The van der Waals surface area contributed by atoms with Crippen LogP contribution >= 0.6 is 0 Å². The largest absolute Gasteiger partial charge is 0.486 e. The molecule has 0 bridgehead atoms. The maximum atomic E-state index is 12.6. The number of nitro benzene ring substituents is 1. The van der Waals surface area contributed by atoms with Crippen molar-refractivity contribution in [3.63, 3.8) is 0 Å². The zero-order chi connectivity index (χ0) is 30.3. The molecule has 1 N–H and O–H groups in total. The van der Waals surface area contributed by atoms with E-state index in [2.05, 4.69) is 41.1 Å². The predicted octanol–water partition coefficient (Wildman–Crippen LogP) is 6.83. The Balaban J connectivity index is 1.19. The van der Waals surface area contributed by atoms with Crippen molar-refractivity contribution in [3.8, 4) is 17.2 Å². The van der Waals surface area contributed by atoms with Gasteiger partial charge in [-0.1, -0.05) is 35.9 Å². The average Bonchev–Trinajstić information content (AvgIpc) is 3.61. The molecule has 0 saturated heterocycles.